The number of hydrogen-bond donors (Lipinski definition) is 0. The maximum absolute atomic E-state index is 12.0. The Morgan fingerprint density at radius 3 is 2.00 bits per heavy atom. The molecule has 0 aromatic heterocycles. The molecule has 0 saturated heterocycles. The number of ether oxygens (including phenoxy) is 4. The van der Waals surface area contributed by atoms with Crippen LogP contribution in [0.15, 0.2) is 42.5 Å². The van der Waals surface area contributed by atoms with Crippen molar-refractivity contribution in [2.75, 3.05) is 21.3 Å². The quantitative estimate of drug-likeness (QED) is 0.505. The standard InChI is InChI=1S/C20H22O6/c1-23-17-11-14(12-18(24-2)20(17)25-3)13-26-19(22)10-9-16(21)15-7-5-4-6-8-15/h4-8,11-12H,9-10,13H2,1-3H3. The Bertz CT molecular complexity index is 729. The molecule has 0 atom stereocenters. The molecule has 0 aliphatic carbocycles. The van der Waals surface area contributed by atoms with Gasteiger partial charge in [-0.2, -0.15) is 0 Å². The lowest BCUT2D eigenvalue weighted by Gasteiger charge is -2.14. The summed E-state index contributed by atoms with van der Waals surface area (Å²) in [5.41, 5.74) is 1.28. The molecule has 0 saturated carbocycles. The minimum absolute atomic E-state index is 0.0259. The topological polar surface area (TPSA) is 71.1 Å². The fourth-order valence-electron chi connectivity index (χ4n) is 2.44. The van der Waals surface area contributed by atoms with E-state index in [-0.39, 0.29) is 25.2 Å². The second kappa shape index (κ2) is 9.46. The predicted octanol–water partition coefficient (Wildman–Crippen LogP) is 3.42. The summed E-state index contributed by atoms with van der Waals surface area (Å²) in [6, 6.07) is 12.3. The number of hydrogen-bond acceptors (Lipinski definition) is 6. The van der Waals surface area contributed by atoms with E-state index in [0.717, 1.165) is 0 Å². The Labute approximate surface area is 152 Å². The minimum atomic E-state index is -0.442. The molecule has 6 nitrogen and oxygen atoms in total. The van der Waals surface area contributed by atoms with Crippen molar-refractivity contribution < 1.29 is 28.5 Å². The average molecular weight is 358 g/mol. The van der Waals surface area contributed by atoms with Crippen molar-refractivity contribution in [3.63, 3.8) is 0 Å². The van der Waals surface area contributed by atoms with Crippen LogP contribution < -0.4 is 14.2 Å². The maximum atomic E-state index is 12.0. The first-order chi connectivity index (χ1) is 12.6. The van der Waals surface area contributed by atoms with Gasteiger partial charge in [0.1, 0.15) is 6.61 Å². The van der Waals surface area contributed by atoms with Gasteiger partial charge in [0.25, 0.3) is 0 Å². The molecule has 0 amide bonds. The van der Waals surface area contributed by atoms with Crippen molar-refractivity contribution in [2.45, 2.75) is 19.4 Å². The number of ketones is 1. The third-order valence-electron chi connectivity index (χ3n) is 3.78. The SMILES string of the molecule is COc1cc(COC(=O)CCC(=O)c2ccccc2)cc(OC)c1OC. The highest BCUT2D eigenvalue weighted by atomic mass is 16.5. The normalized spacial score (nSPS) is 10.1. The predicted molar refractivity (Wildman–Crippen MR) is 95.9 cm³/mol. The monoisotopic (exact) mass is 358 g/mol. The summed E-state index contributed by atoms with van der Waals surface area (Å²) >= 11 is 0. The molecule has 0 radical (unpaired) electrons. The smallest absolute Gasteiger partial charge is 0.306 e. The second-order valence-electron chi connectivity index (χ2n) is 5.48. The van der Waals surface area contributed by atoms with Gasteiger partial charge >= 0.3 is 5.97 Å². The molecule has 0 aliphatic heterocycles. The van der Waals surface area contributed by atoms with Gasteiger partial charge in [0, 0.05) is 12.0 Å². The molecule has 26 heavy (non-hydrogen) atoms. The zero-order chi connectivity index (χ0) is 18.9. The molecule has 2 rings (SSSR count). The van der Waals surface area contributed by atoms with E-state index in [1.54, 1.807) is 36.4 Å². The molecular formula is C20H22O6. The Hall–Kier alpha value is -3.02. The number of rotatable bonds is 9. The summed E-state index contributed by atoms with van der Waals surface area (Å²) < 4.78 is 21.0. The van der Waals surface area contributed by atoms with Crippen molar-refractivity contribution in [3.8, 4) is 17.2 Å². The van der Waals surface area contributed by atoms with Crippen LogP contribution in [-0.2, 0) is 16.1 Å². The van der Waals surface area contributed by atoms with Gasteiger partial charge in [0.2, 0.25) is 5.75 Å². The van der Waals surface area contributed by atoms with Crippen LogP contribution in [0.25, 0.3) is 0 Å². The number of benzene rings is 2. The summed E-state index contributed by atoms with van der Waals surface area (Å²) in [7, 11) is 4.55. The van der Waals surface area contributed by atoms with E-state index in [9.17, 15) is 9.59 Å². The molecular weight excluding hydrogens is 336 g/mol. The Morgan fingerprint density at radius 1 is 0.846 bits per heavy atom. The van der Waals surface area contributed by atoms with Crippen molar-refractivity contribution >= 4 is 11.8 Å². The summed E-state index contributed by atoms with van der Waals surface area (Å²) in [5.74, 6) is 0.909. The molecule has 2 aromatic carbocycles. The van der Waals surface area contributed by atoms with E-state index in [1.165, 1.54) is 21.3 Å². The third-order valence-corrected chi connectivity index (χ3v) is 3.78. The van der Waals surface area contributed by atoms with Crippen molar-refractivity contribution in [2.24, 2.45) is 0 Å². The van der Waals surface area contributed by atoms with Gasteiger partial charge in [-0.25, -0.2) is 0 Å². The van der Waals surface area contributed by atoms with E-state index in [1.807, 2.05) is 6.07 Å². The Balaban J connectivity index is 1.92. The molecule has 2 aromatic rings. The molecule has 0 N–H and O–H groups in total. The molecule has 0 spiro atoms. The second-order valence-corrected chi connectivity index (χ2v) is 5.48. The first-order valence-corrected chi connectivity index (χ1v) is 8.11. The number of esters is 1. The lowest BCUT2D eigenvalue weighted by Crippen LogP contribution is -2.08. The van der Waals surface area contributed by atoms with E-state index in [2.05, 4.69) is 0 Å². The zero-order valence-electron chi connectivity index (χ0n) is 15.1. The summed E-state index contributed by atoms with van der Waals surface area (Å²) in [4.78, 5) is 23.9. The van der Waals surface area contributed by atoms with Crippen molar-refractivity contribution in [3.05, 3.63) is 53.6 Å². The summed E-state index contributed by atoms with van der Waals surface area (Å²) in [5, 5.41) is 0. The average Bonchev–Trinajstić information content (AvgIpc) is 2.69. The van der Waals surface area contributed by atoms with Crippen LogP contribution in [0.2, 0.25) is 0 Å². The van der Waals surface area contributed by atoms with Crippen LogP contribution in [0.1, 0.15) is 28.8 Å². The highest BCUT2D eigenvalue weighted by Crippen LogP contribution is 2.38. The van der Waals surface area contributed by atoms with Crippen LogP contribution in [-0.4, -0.2) is 33.1 Å². The van der Waals surface area contributed by atoms with Gasteiger partial charge in [0.15, 0.2) is 17.3 Å². The van der Waals surface area contributed by atoms with E-state index >= 15 is 0 Å². The highest BCUT2D eigenvalue weighted by molar-refractivity contribution is 5.97. The fraction of sp³-hybridized carbons (Fsp3) is 0.300. The number of carbonyl (C=O) groups is 2. The van der Waals surface area contributed by atoms with Crippen molar-refractivity contribution in [1.82, 2.24) is 0 Å². The van der Waals surface area contributed by atoms with Gasteiger partial charge in [-0.3, -0.25) is 9.59 Å². The molecule has 0 heterocycles. The van der Waals surface area contributed by atoms with E-state index in [0.29, 0.717) is 28.4 Å². The lowest BCUT2D eigenvalue weighted by molar-refractivity contribution is -0.144. The van der Waals surface area contributed by atoms with Gasteiger partial charge in [-0.05, 0) is 17.7 Å². The molecule has 0 bridgehead atoms. The van der Waals surface area contributed by atoms with Crippen LogP contribution in [0, 0.1) is 0 Å². The van der Waals surface area contributed by atoms with Crippen molar-refractivity contribution in [1.29, 1.82) is 0 Å². The number of Topliss-reactive ketones (excluding diaryl/α,β-unsaturated/α-hetero) is 1. The molecule has 0 fully saturated rings. The van der Waals surface area contributed by atoms with Crippen LogP contribution in [0.4, 0.5) is 0 Å². The lowest BCUT2D eigenvalue weighted by atomic mass is 10.1. The summed E-state index contributed by atoms with van der Waals surface area (Å²) in [6.45, 7) is 0.0507. The zero-order valence-corrected chi connectivity index (χ0v) is 15.1. The van der Waals surface area contributed by atoms with Crippen LogP contribution >= 0.6 is 0 Å². The minimum Gasteiger partial charge on any atom is -0.493 e. The van der Waals surface area contributed by atoms with Crippen LogP contribution in [0.5, 0.6) is 17.2 Å². The van der Waals surface area contributed by atoms with Gasteiger partial charge < -0.3 is 18.9 Å². The molecule has 6 heteroatoms. The first kappa shape index (κ1) is 19.3. The van der Waals surface area contributed by atoms with E-state index < -0.39 is 5.97 Å². The van der Waals surface area contributed by atoms with Gasteiger partial charge in [-0.1, -0.05) is 30.3 Å². The van der Waals surface area contributed by atoms with Gasteiger partial charge in [0.05, 0.1) is 27.8 Å². The third kappa shape index (κ3) is 4.99. The number of methoxy groups -OCH3 is 3. The largest absolute Gasteiger partial charge is 0.493 e. The fourth-order valence-corrected chi connectivity index (χ4v) is 2.44. The Morgan fingerprint density at radius 2 is 1.46 bits per heavy atom. The van der Waals surface area contributed by atoms with Gasteiger partial charge in [-0.15, -0.1) is 0 Å². The molecule has 138 valence electrons. The molecule has 0 aliphatic rings. The first-order valence-electron chi connectivity index (χ1n) is 8.11. The van der Waals surface area contributed by atoms with E-state index in [4.69, 9.17) is 18.9 Å². The maximum Gasteiger partial charge on any atom is 0.306 e. The molecule has 0 unspecified atom stereocenters. The van der Waals surface area contributed by atoms with Crippen LogP contribution in [0.3, 0.4) is 0 Å². The summed E-state index contributed by atoms with van der Waals surface area (Å²) in [6.07, 6.45) is 0.135. The highest BCUT2D eigenvalue weighted by Gasteiger charge is 2.15. The number of carbonyl (C=O) groups excluding carboxylic acids is 2. The Kier molecular flexibility index (Phi) is 7.02.